The van der Waals surface area contributed by atoms with E-state index >= 15 is 0 Å². The Hall–Kier alpha value is -2.02. The van der Waals surface area contributed by atoms with Crippen LogP contribution < -0.4 is 11.1 Å². The second-order valence-electron chi connectivity index (χ2n) is 3.91. The van der Waals surface area contributed by atoms with Crippen molar-refractivity contribution < 1.29 is 18.0 Å². The molecule has 20 heavy (non-hydrogen) atoms. The SMILES string of the molecule is Nc1cc(F)cc(F)c1NC(=O)c1cccc(F)c1Br. The number of rotatable bonds is 2. The van der Waals surface area contributed by atoms with Gasteiger partial charge in [-0.3, -0.25) is 4.79 Å². The number of anilines is 2. The van der Waals surface area contributed by atoms with Crippen molar-refractivity contribution in [1.82, 2.24) is 0 Å². The van der Waals surface area contributed by atoms with Crippen LogP contribution in [-0.4, -0.2) is 5.91 Å². The van der Waals surface area contributed by atoms with Crippen molar-refractivity contribution in [3.63, 3.8) is 0 Å². The average Bonchev–Trinajstić information content (AvgIpc) is 2.36. The van der Waals surface area contributed by atoms with Gasteiger partial charge in [-0.25, -0.2) is 13.2 Å². The number of nitrogen functional groups attached to an aromatic ring is 1. The molecule has 0 saturated heterocycles. The number of carbonyl (C=O) groups excluding carboxylic acids is 1. The predicted molar refractivity (Wildman–Crippen MR) is 72.8 cm³/mol. The molecule has 0 aliphatic heterocycles. The quantitative estimate of drug-likeness (QED) is 0.816. The van der Waals surface area contributed by atoms with Crippen LogP contribution in [0.25, 0.3) is 0 Å². The molecule has 3 N–H and O–H groups in total. The van der Waals surface area contributed by atoms with Crippen LogP contribution in [0.5, 0.6) is 0 Å². The van der Waals surface area contributed by atoms with Crippen LogP contribution in [0.3, 0.4) is 0 Å². The largest absolute Gasteiger partial charge is 0.397 e. The van der Waals surface area contributed by atoms with Gasteiger partial charge in [-0.05, 0) is 34.1 Å². The Morgan fingerprint density at radius 2 is 1.85 bits per heavy atom. The van der Waals surface area contributed by atoms with E-state index in [0.717, 1.165) is 12.1 Å². The molecule has 2 aromatic carbocycles. The van der Waals surface area contributed by atoms with Crippen molar-refractivity contribution in [2.24, 2.45) is 0 Å². The molecule has 0 saturated carbocycles. The van der Waals surface area contributed by atoms with Gasteiger partial charge in [0, 0.05) is 6.07 Å². The third kappa shape index (κ3) is 2.77. The third-order valence-corrected chi connectivity index (χ3v) is 3.33. The summed E-state index contributed by atoms with van der Waals surface area (Å²) in [6, 6.07) is 5.30. The minimum atomic E-state index is -1.01. The Labute approximate surface area is 120 Å². The van der Waals surface area contributed by atoms with Crippen LogP contribution in [0, 0.1) is 17.5 Å². The lowest BCUT2D eigenvalue weighted by Crippen LogP contribution is -2.15. The molecule has 0 fully saturated rings. The number of benzene rings is 2. The average molecular weight is 345 g/mol. The third-order valence-electron chi connectivity index (χ3n) is 2.52. The minimum absolute atomic E-state index is 0.0341. The highest BCUT2D eigenvalue weighted by molar-refractivity contribution is 9.10. The fourth-order valence-electron chi connectivity index (χ4n) is 1.59. The van der Waals surface area contributed by atoms with Crippen molar-refractivity contribution in [1.29, 1.82) is 0 Å². The van der Waals surface area contributed by atoms with E-state index in [9.17, 15) is 18.0 Å². The van der Waals surface area contributed by atoms with Crippen molar-refractivity contribution in [2.45, 2.75) is 0 Å². The summed E-state index contributed by atoms with van der Waals surface area (Å²) in [6.07, 6.45) is 0. The lowest BCUT2D eigenvalue weighted by molar-refractivity contribution is 0.102. The maximum atomic E-state index is 13.5. The van der Waals surface area contributed by atoms with E-state index in [0.29, 0.717) is 6.07 Å². The normalized spacial score (nSPS) is 10.4. The Balaban J connectivity index is 2.36. The van der Waals surface area contributed by atoms with Gasteiger partial charge in [0.2, 0.25) is 0 Å². The predicted octanol–water partition coefficient (Wildman–Crippen LogP) is 3.70. The molecule has 0 aromatic heterocycles. The molecule has 0 unspecified atom stereocenters. The molecule has 0 atom stereocenters. The van der Waals surface area contributed by atoms with Gasteiger partial charge in [-0.2, -0.15) is 0 Å². The fraction of sp³-hybridized carbons (Fsp3) is 0. The van der Waals surface area contributed by atoms with Crippen molar-refractivity contribution in [2.75, 3.05) is 11.1 Å². The van der Waals surface area contributed by atoms with Gasteiger partial charge in [0.1, 0.15) is 17.3 Å². The summed E-state index contributed by atoms with van der Waals surface area (Å²) < 4.78 is 39.7. The Morgan fingerprint density at radius 1 is 1.15 bits per heavy atom. The highest BCUT2D eigenvalue weighted by atomic mass is 79.9. The highest BCUT2D eigenvalue weighted by Crippen LogP contribution is 2.26. The van der Waals surface area contributed by atoms with E-state index in [1.165, 1.54) is 12.1 Å². The first-order valence-electron chi connectivity index (χ1n) is 5.40. The van der Waals surface area contributed by atoms with Crippen LogP contribution in [0.4, 0.5) is 24.5 Å². The maximum absolute atomic E-state index is 13.5. The number of hydrogen-bond donors (Lipinski definition) is 2. The molecule has 0 bridgehead atoms. The second-order valence-corrected chi connectivity index (χ2v) is 4.70. The number of amides is 1. The Kier molecular flexibility index (Phi) is 3.99. The number of halogens is 4. The van der Waals surface area contributed by atoms with Crippen LogP contribution in [0.2, 0.25) is 0 Å². The fourth-order valence-corrected chi connectivity index (χ4v) is 2.03. The van der Waals surface area contributed by atoms with Gasteiger partial charge in [-0.1, -0.05) is 6.07 Å². The molecule has 0 radical (unpaired) electrons. The summed E-state index contributed by atoms with van der Waals surface area (Å²) >= 11 is 2.92. The highest BCUT2D eigenvalue weighted by Gasteiger charge is 2.17. The van der Waals surface area contributed by atoms with E-state index in [1.54, 1.807) is 0 Å². The minimum Gasteiger partial charge on any atom is -0.397 e. The molecule has 0 heterocycles. The summed E-state index contributed by atoms with van der Waals surface area (Å²) in [5, 5.41) is 2.19. The van der Waals surface area contributed by atoms with Gasteiger partial charge in [0.15, 0.2) is 5.82 Å². The molecule has 104 valence electrons. The topological polar surface area (TPSA) is 55.1 Å². The van der Waals surface area contributed by atoms with Crippen molar-refractivity contribution in [3.05, 3.63) is 57.8 Å². The van der Waals surface area contributed by atoms with Crippen LogP contribution in [-0.2, 0) is 0 Å². The number of carbonyl (C=O) groups is 1. The molecule has 0 spiro atoms. The Bertz CT molecular complexity index is 668. The summed E-state index contributed by atoms with van der Waals surface area (Å²) in [7, 11) is 0. The first-order valence-corrected chi connectivity index (χ1v) is 6.19. The Morgan fingerprint density at radius 3 is 2.50 bits per heavy atom. The zero-order valence-electron chi connectivity index (χ0n) is 9.88. The number of nitrogens with one attached hydrogen (secondary N) is 1. The second kappa shape index (κ2) is 5.54. The monoisotopic (exact) mass is 344 g/mol. The van der Waals surface area contributed by atoms with Gasteiger partial charge < -0.3 is 11.1 Å². The lowest BCUT2D eigenvalue weighted by Gasteiger charge is -2.10. The maximum Gasteiger partial charge on any atom is 0.257 e. The summed E-state index contributed by atoms with van der Waals surface area (Å²) in [5.74, 6) is -3.27. The molecule has 1 amide bonds. The lowest BCUT2D eigenvalue weighted by atomic mass is 10.2. The molecular weight excluding hydrogens is 337 g/mol. The van der Waals surface area contributed by atoms with E-state index in [1.807, 2.05) is 0 Å². The van der Waals surface area contributed by atoms with E-state index in [2.05, 4.69) is 21.2 Å². The molecular formula is C13H8BrF3N2O. The van der Waals surface area contributed by atoms with E-state index in [-0.39, 0.29) is 21.4 Å². The number of hydrogen-bond acceptors (Lipinski definition) is 2. The molecule has 2 rings (SSSR count). The van der Waals surface area contributed by atoms with Gasteiger partial charge in [-0.15, -0.1) is 0 Å². The molecule has 3 nitrogen and oxygen atoms in total. The molecule has 0 aliphatic carbocycles. The first-order chi connectivity index (χ1) is 9.40. The zero-order valence-corrected chi connectivity index (χ0v) is 11.5. The van der Waals surface area contributed by atoms with Crippen molar-refractivity contribution in [3.8, 4) is 0 Å². The molecule has 2 aromatic rings. The van der Waals surface area contributed by atoms with Crippen molar-refractivity contribution >= 4 is 33.2 Å². The summed E-state index contributed by atoms with van der Waals surface area (Å²) in [6.45, 7) is 0. The first kappa shape index (κ1) is 14.4. The molecule has 0 aliphatic rings. The molecule has 7 heteroatoms. The van der Waals surface area contributed by atoms with Crippen LogP contribution in [0.15, 0.2) is 34.8 Å². The van der Waals surface area contributed by atoms with Gasteiger partial charge in [0.05, 0.1) is 15.7 Å². The van der Waals surface area contributed by atoms with Crippen LogP contribution >= 0.6 is 15.9 Å². The van der Waals surface area contributed by atoms with Crippen LogP contribution in [0.1, 0.15) is 10.4 Å². The summed E-state index contributed by atoms with van der Waals surface area (Å²) in [5.41, 5.74) is 4.79. The van der Waals surface area contributed by atoms with E-state index in [4.69, 9.17) is 5.73 Å². The van der Waals surface area contributed by atoms with Gasteiger partial charge >= 0.3 is 0 Å². The summed E-state index contributed by atoms with van der Waals surface area (Å²) in [4.78, 5) is 12.0. The standard InChI is InChI=1S/C13H8BrF3N2O/c14-11-7(2-1-3-8(11)16)13(20)19-12-9(17)4-6(15)5-10(12)18/h1-5H,18H2,(H,19,20). The van der Waals surface area contributed by atoms with E-state index < -0.39 is 23.4 Å². The zero-order chi connectivity index (χ0) is 14.9. The van der Waals surface area contributed by atoms with Gasteiger partial charge in [0.25, 0.3) is 5.91 Å². The smallest absolute Gasteiger partial charge is 0.257 e. The number of nitrogens with two attached hydrogens (primary N) is 1.